The molecular formula is C8H16F2N2. The van der Waals surface area contributed by atoms with Crippen molar-refractivity contribution >= 4 is 0 Å². The molecule has 1 aliphatic heterocycles. The maximum atomic E-state index is 12.7. The fourth-order valence-electron chi connectivity index (χ4n) is 1.67. The van der Waals surface area contributed by atoms with Gasteiger partial charge in [0.25, 0.3) is 5.92 Å². The Balaban J connectivity index is 2.27. The second kappa shape index (κ2) is 2.92. The van der Waals surface area contributed by atoms with Gasteiger partial charge in [0.2, 0.25) is 0 Å². The van der Waals surface area contributed by atoms with Gasteiger partial charge in [-0.2, -0.15) is 0 Å². The zero-order chi connectivity index (χ0) is 9.41. The predicted octanol–water partition coefficient (Wildman–Crippen LogP) is 0.922. The van der Waals surface area contributed by atoms with Crippen LogP contribution >= 0.6 is 0 Å². The minimum Gasteiger partial charge on any atom is -0.325 e. The number of nitrogens with zero attached hydrogens (tertiary/aromatic N) is 1. The minimum atomic E-state index is -2.71. The molecule has 12 heavy (non-hydrogen) atoms. The first-order chi connectivity index (χ1) is 5.35. The van der Waals surface area contributed by atoms with E-state index in [4.69, 9.17) is 5.73 Å². The van der Waals surface area contributed by atoms with E-state index < -0.39 is 12.5 Å². The van der Waals surface area contributed by atoms with E-state index in [9.17, 15) is 8.78 Å². The first-order valence-electron chi connectivity index (χ1n) is 4.15. The molecule has 72 valence electrons. The molecule has 0 radical (unpaired) electrons. The van der Waals surface area contributed by atoms with Gasteiger partial charge in [-0.25, -0.2) is 8.78 Å². The quantitative estimate of drug-likeness (QED) is 0.696. The highest BCUT2D eigenvalue weighted by Crippen LogP contribution is 2.30. The lowest BCUT2D eigenvalue weighted by molar-refractivity contribution is -0.0728. The third kappa shape index (κ3) is 2.38. The summed E-state index contributed by atoms with van der Waals surface area (Å²) in [4.78, 5) is 1.74. The number of alkyl halides is 2. The number of nitrogens with two attached hydrogens (primary N) is 1. The topological polar surface area (TPSA) is 29.3 Å². The molecule has 0 aromatic rings. The maximum absolute atomic E-state index is 12.7. The first-order valence-corrected chi connectivity index (χ1v) is 4.15. The number of hydrogen-bond donors (Lipinski definition) is 1. The third-order valence-corrected chi connectivity index (χ3v) is 2.06. The summed E-state index contributed by atoms with van der Waals surface area (Å²) in [5, 5.41) is 0. The van der Waals surface area contributed by atoms with E-state index in [0.29, 0.717) is 0 Å². The summed E-state index contributed by atoms with van der Waals surface area (Å²) in [7, 11) is 0. The molecule has 0 aliphatic carbocycles. The summed E-state index contributed by atoms with van der Waals surface area (Å²) in [6.07, 6.45) is 0. The van der Waals surface area contributed by atoms with Crippen molar-refractivity contribution in [3.63, 3.8) is 0 Å². The third-order valence-electron chi connectivity index (χ3n) is 2.06. The van der Waals surface area contributed by atoms with Crippen LogP contribution in [0, 0.1) is 5.41 Å². The number of hydrogen-bond acceptors (Lipinski definition) is 2. The van der Waals surface area contributed by atoms with Crippen molar-refractivity contribution in [1.29, 1.82) is 0 Å². The van der Waals surface area contributed by atoms with Crippen LogP contribution in [0.2, 0.25) is 0 Å². The molecule has 0 aromatic carbocycles. The summed E-state index contributed by atoms with van der Waals surface area (Å²) in [6.45, 7) is 4.91. The Hall–Kier alpha value is -0.220. The molecule has 1 heterocycles. The largest absolute Gasteiger partial charge is 0.325 e. The standard InChI is InChI=1S/C8H16F2N2/c1-7(2)4-12(5-7)6-8(9,10)3-11/h3-6,11H2,1-2H3. The summed E-state index contributed by atoms with van der Waals surface area (Å²) in [6, 6.07) is 0. The van der Waals surface area contributed by atoms with Crippen LogP contribution in [0.25, 0.3) is 0 Å². The van der Waals surface area contributed by atoms with Gasteiger partial charge in [0.1, 0.15) is 0 Å². The molecule has 1 rings (SSSR count). The van der Waals surface area contributed by atoms with Crippen molar-refractivity contribution in [3.8, 4) is 0 Å². The molecule has 4 heteroatoms. The molecular weight excluding hydrogens is 162 g/mol. The van der Waals surface area contributed by atoms with Crippen molar-refractivity contribution in [2.75, 3.05) is 26.2 Å². The normalized spacial score (nSPS) is 23.8. The molecule has 1 saturated heterocycles. The zero-order valence-electron chi connectivity index (χ0n) is 7.61. The number of rotatable bonds is 3. The van der Waals surface area contributed by atoms with Crippen LogP contribution in [0.4, 0.5) is 8.78 Å². The van der Waals surface area contributed by atoms with Crippen molar-refractivity contribution in [2.24, 2.45) is 11.1 Å². The van der Waals surface area contributed by atoms with Crippen molar-refractivity contribution < 1.29 is 8.78 Å². The van der Waals surface area contributed by atoms with Gasteiger partial charge in [0, 0.05) is 13.1 Å². The van der Waals surface area contributed by atoms with E-state index in [1.807, 2.05) is 0 Å². The summed E-state index contributed by atoms with van der Waals surface area (Å²) >= 11 is 0. The Bertz CT molecular complexity index is 160. The van der Waals surface area contributed by atoms with E-state index in [1.165, 1.54) is 0 Å². The Morgan fingerprint density at radius 2 is 1.92 bits per heavy atom. The van der Waals surface area contributed by atoms with Gasteiger partial charge in [-0.15, -0.1) is 0 Å². The van der Waals surface area contributed by atoms with Crippen LogP contribution in [0.5, 0.6) is 0 Å². The van der Waals surface area contributed by atoms with Gasteiger partial charge in [-0.05, 0) is 5.41 Å². The summed E-state index contributed by atoms with van der Waals surface area (Å²) in [5.74, 6) is -2.71. The molecule has 0 saturated carbocycles. The Morgan fingerprint density at radius 3 is 2.25 bits per heavy atom. The van der Waals surface area contributed by atoms with Crippen LogP contribution in [-0.4, -0.2) is 37.0 Å². The second-order valence-electron chi connectivity index (χ2n) is 4.37. The van der Waals surface area contributed by atoms with Crippen LogP contribution in [-0.2, 0) is 0 Å². The van der Waals surface area contributed by atoms with E-state index in [1.54, 1.807) is 4.90 Å². The SMILES string of the molecule is CC1(C)CN(CC(F)(F)CN)C1. The maximum Gasteiger partial charge on any atom is 0.272 e. The van der Waals surface area contributed by atoms with Crippen LogP contribution in [0.15, 0.2) is 0 Å². The minimum absolute atomic E-state index is 0.188. The Labute approximate surface area is 71.7 Å². The van der Waals surface area contributed by atoms with Crippen molar-refractivity contribution in [1.82, 2.24) is 4.90 Å². The highest BCUT2D eigenvalue weighted by Gasteiger charge is 2.39. The van der Waals surface area contributed by atoms with E-state index in [-0.39, 0.29) is 12.0 Å². The van der Waals surface area contributed by atoms with E-state index >= 15 is 0 Å². The molecule has 0 atom stereocenters. The van der Waals surface area contributed by atoms with Gasteiger partial charge in [0.15, 0.2) is 0 Å². The number of halogens is 2. The molecule has 1 aliphatic rings. The van der Waals surface area contributed by atoms with Gasteiger partial charge in [-0.1, -0.05) is 13.8 Å². The number of likely N-dealkylation sites (tertiary alicyclic amines) is 1. The van der Waals surface area contributed by atoms with Gasteiger partial charge < -0.3 is 5.73 Å². The zero-order valence-corrected chi connectivity index (χ0v) is 7.61. The van der Waals surface area contributed by atoms with Gasteiger partial charge in [-0.3, -0.25) is 4.90 Å². The van der Waals surface area contributed by atoms with Gasteiger partial charge in [0.05, 0.1) is 13.1 Å². The molecule has 2 N–H and O–H groups in total. The highest BCUT2D eigenvalue weighted by atomic mass is 19.3. The molecule has 0 spiro atoms. The van der Waals surface area contributed by atoms with Crippen LogP contribution < -0.4 is 5.73 Å². The van der Waals surface area contributed by atoms with Crippen LogP contribution in [0.1, 0.15) is 13.8 Å². The monoisotopic (exact) mass is 178 g/mol. The van der Waals surface area contributed by atoms with Gasteiger partial charge >= 0.3 is 0 Å². The molecule has 2 nitrogen and oxygen atoms in total. The lowest BCUT2D eigenvalue weighted by atomic mass is 9.84. The predicted molar refractivity (Wildman–Crippen MR) is 44.2 cm³/mol. The summed E-state index contributed by atoms with van der Waals surface area (Å²) < 4.78 is 25.4. The summed E-state index contributed by atoms with van der Waals surface area (Å²) in [5.41, 5.74) is 5.14. The average Bonchev–Trinajstić information content (AvgIpc) is 1.83. The van der Waals surface area contributed by atoms with Crippen LogP contribution in [0.3, 0.4) is 0 Å². The molecule has 0 bridgehead atoms. The molecule has 0 amide bonds. The Kier molecular flexibility index (Phi) is 2.40. The fourth-order valence-corrected chi connectivity index (χ4v) is 1.67. The molecule has 1 fully saturated rings. The molecule has 0 aromatic heterocycles. The van der Waals surface area contributed by atoms with Crippen molar-refractivity contribution in [2.45, 2.75) is 19.8 Å². The van der Waals surface area contributed by atoms with Crippen molar-refractivity contribution in [3.05, 3.63) is 0 Å². The molecule has 0 unspecified atom stereocenters. The van der Waals surface area contributed by atoms with E-state index in [2.05, 4.69) is 13.8 Å². The highest BCUT2D eigenvalue weighted by molar-refractivity contribution is 4.90. The lowest BCUT2D eigenvalue weighted by Crippen LogP contribution is -2.57. The fraction of sp³-hybridized carbons (Fsp3) is 1.00. The smallest absolute Gasteiger partial charge is 0.272 e. The second-order valence-corrected chi connectivity index (χ2v) is 4.37. The lowest BCUT2D eigenvalue weighted by Gasteiger charge is -2.46. The first kappa shape index (κ1) is 9.86. The Morgan fingerprint density at radius 1 is 1.42 bits per heavy atom. The average molecular weight is 178 g/mol. The van der Waals surface area contributed by atoms with E-state index in [0.717, 1.165) is 13.1 Å².